The second-order valence-electron chi connectivity index (χ2n) is 4.24. The molecule has 16 heavy (non-hydrogen) atoms. The van der Waals surface area contributed by atoms with Crippen LogP contribution in [0.1, 0.15) is 19.7 Å². The van der Waals surface area contributed by atoms with Crippen molar-refractivity contribution in [2.45, 2.75) is 20.3 Å². The summed E-state index contributed by atoms with van der Waals surface area (Å²) in [5.41, 5.74) is 1.60. The third-order valence-corrected chi connectivity index (χ3v) is 2.33. The van der Waals surface area contributed by atoms with Crippen molar-refractivity contribution in [1.29, 1.82) is 0 Å². The fourth-order valence-electron chi connectivity index (χ4n) is 1.65. The van der Waals surface area contributed by atoms with Crippen molar-refractivity contribution < 1.29 is 4.92 Å². The summed E-state index contributed by atoms with van der Waals surface area (Å²) in [6.07, 6.45) is 0.850. The Bertz CT molecular complexity index is 531. The molecule has 5 nitrogen and oxygen atoms in total. The van der Waals surface area contributed by atoms with Crippen LogP contribution >= 0.6 is 0 Å². The van der Waals surface area contributed by atoms with Crippen molar-refractivity contribution >= 4 is 16.7 Å². The van der Waals surface area contributed by atoms with Gasteiger partial charge in [-0.2, -0.15) is 0 Å². The number of H-pyrrole nitrogens is 1. The predicted molar refractivity (Wildman–Crippen MR) is 61.3 cm³/mol. The highest BCUT2D eigenvalue weighted by atomic mass is 16.6. The van der Waals surface area contributed by atoms with Crippen molar-refractivity contribution in [3.05, 3.63) is 34.1 Å². The van der Waals surface area contributed by atoms with E-state index >= 15 is 0 Å². The van der Waals surface area contributed by atoms with Gasteiger partial charge in [-0.1, -0.05) is 13.8 Å². The van der Waals surface area contributed by atoms with Gasteiger partial charge in [-0.3, -0.25) is 10.1 Å². The molecule has 0 aliphatic heterocycles. The number of non-ortho nitro benzene ring substituents is 1. The molecule has 84 valence electrons. The molecule has 2 aromatic rings. The van der Waals surface area contributed by atoms with Gasteiger partial charge in [0.25, 0.3) is 5.69 Å². The maximum atomic E-state index is 10.6. The molecule has 1 aromatic heterocycles. The Balaban J connectivity index is 2.42. The van der Waals surface area contributed by atoms with E-state index in [9.17, 15) is 10.1 Å². The highest BCUT2D eigenvalue weighted by Gasteiger charge is 2.09. The van der Waals surface area contributed by atoms with Gasteiger partial charge in [-0.15, -0.1) is 0 Å². The van der Waals surface area contributed by atoms with Gasteiger partial charge < -0.3 is 4.98 Å². The molecule has 1 N–H and O–H groups in total. The maximum absolute atomic E-state index is 10.6. The van der Waals surface area contributed by atoms with Crippen LogP contribution in [0.2, 0.25) is 0 Å². The second-order valence-corrected chi connectivity index (χ2v) is 4.24. The molecule has 0 radical (unpaired) electrons. The van der Waals surface area contributed by atoms with Crippen LogP contribution in [0.3, 0.4) is 0 Å². The number of benzene rings is 1. The lowest BCUT2D eigenvalue weighted by atomic mass is 10.1. The average Bonchev–Trinajstić information content (AvgIpc) is 2.56. The largest absolute Gasteiger partial charge is 0.342 e. The molecule has 0 atom stereocenters. The van der Waals surface area contributed by atoms with E-state index in [-0.39, 0.29) is 5.69 Å². The van der Waals surface area contributed by atoms with Crippen LogP contribution in [0.15, 0.2) is 18.2 Å². The van der Waals surface area contributed by atoms with Crippen molar-refractivity contribution in [2.75, 3.05) is 0 Å². The molecule has 0 aliphatic rings. The van der Waals surface area contributed by atoms with E-state index < -0.39 is 4.92 Å². The zero-order valence-corrected chi connectivity index (χ0v) is 9.23. The third-order valence-electron chi connectivity index (χ3n) is 2.33. The number of aromatic amines is 1. The van der Waals surface area contributed by atoms with Gasteiger partial charge in [0.1, 0.15) is 5.82 Å². The maximum Gasteiger partial charge on any atom is 0.271 e. The first-order valence-electron chi connectivity index (χ1n) is 5.19. The van der Waals surface area contributed by atoms with Gasteiger partial charge in [0.05, 0.1) is 16.0 Å². The fourth-order valence-corrected chi connectivity index (χ4v) is 1.65. The van der Waals surface area contributed by atoms with Crippen LogP contribution in [0.25, 0.3) is 11.0 Å². The Morgan fingerprint density at radius 2 is 2.25 bits per heavy atom. The summed E-state index contributed by atoms with van der Waals surface area (Å²) in [4.78, 5) is 17.7. The van der Waals surface area contributed by atoms with Gasteiger partial charge in [-0.25, -0.2) is 4.98 Å². The minimum Gasteiger partial charge on any atom is -0.342 e. The van der Waals surface area contributed by atoms with Crippen LogP contribution in [-0.4, -0.2) is 14.9 Å². The summed E-state index contributed by atoms with van der Waals surface area (Å²) in [6, 6.07) is 4.67. The fraction of sp³-hybridized carbons (Fsp3) is 0.364. The smallest absolute Gasteiger partial charge is 0.271 e. The van der Waals surface area contributed by atoms with Gasteiger partial charge in [-0.05, 0) is 12.0 Å². The highest BCUT2D eigenvalue weighted by Crippen LogP contribution is 2.19. The monoisotopic (exact) mass is 219 g/mol. The van der Waals surface area contributed by atoms with E-state index in [1.807, 2.05) is 0 Å². The Morgan fingerprint density at radius 1 is 1.50 bits per heavy atom. The first kappa shape index (κ1) is 10.6. The SMILES string of the molecule is CC(C)Cc1nc2ccc([N+](=O)[O-])cc2[nH]1. The minimum absolute atomic E-state index is 0.0900. The summed E-state index contributed by atoms with van der Waals surface area (Å²) >= 11 is 0. The molecule has 0 saturated carbocycles. The van der Waals surface area contributed by atoms with E-state index in [4.69, 9.17) is 0 Å². The second kappa shape index (κ2) is 3.92. The Hall–Kier alpha value is -1.91. The van der Waals surface area contributed by atoms with E-state index in [1.165, 1.54) is 12.1 Å². The molecule has 0 aliphatic carbocycles. The first-order valence-corrected chi connectivity index (χ1v) is 5.19. The van der Waals surface area contributed by atoms with Gasteiger partial charge in [0.15, 0.2) is 0 Å². The molecule has 1 aromatic carbocycles. The molecule has 0 amide bonds. The minimum atomic E-state index is -0.400. The number of nitro groups is 1. The molecule has 0 spiro atoms. The number of fused-ring (bicyclic) bond motifs is 1. The van der Waals surface area contributed by atoms with E-state index in [1.54, 1.807) is 6.07 Å². The summed E-state index contributed by atoms with van der Waals surface area (Å²) in [7, 11) is 0. The number of aromatic nitrogens is 2. The van der Waals surface area contributed by atoms with Crippen LogP contribution in [0, 0.1) is 16.0 Å². The number of nitrogens with zero attached hydrogens (tertiary/aromatic N) is 2. The van der Waals surface area contributed by atoms with Crippen molar-refractivity contribution in [3.8, 4) is 0 Å². The molecular weight excluding hydrogens is 206 g/mol. The summed E-state index contributed by atoms with van der Waals surface area (Å²) < 4.78 is 0. The van der Waals surface area contributed by atoms with Crippen LogP contribution < -0.4 is 0 Å². The number of hydrogen-bond acceptors (Lipinski definition) is 3. The summed E-state index contributed by atoms with van der Waals surface area (Å²) in [5, 5.41) is 10.6. The standard InChI is InChI=1S/C11H13N3O2/c1-7(2)5-11-12-9-4-3-8(14(15)16)6-10(9)13-11/h3-4,6-7H,5H2,1-2H3,(H,12,13). The van der Waals surface area contributed by atoms with E-state index in [2.05, 4.69) is 23.8 Å². The zero-order valence-electron chi connectivity index (χ0n) is 9.23. The number of imidazole rings is 1. The predicted octanol–water partition coefficient (Wildman–Crippen LogP) is 2.67. The number of rotatable bonds is 3. The summed E-state index contributed by atoms with van der Waals surface area (Å²) in [6.45, 7) is 4.21. The van der Waals surface area contributed by atoms with Crippen LogP contribution in [0.4, 0.5) is 5.69 Å². The Morgan fingerprint density at radius 3 is 2.88 bits per heavy atom. The van der Waals surface area contributed by atoms with E-state index in [0.29, 0.717) is 5.92 Å². The summed E-state index contributed by atoms with van der Waals surface area (Å²) in [5.74, 6) is 1.39. The van der Waals surface area contributed by atoms with Crippen LogP contribution in [-0.2, 0) is 6.42 Å². The van der Waals surface area contributed by atoms with E-state index in [0.717, 1.165) is 23.3 Å². The molecule has 2 rings (SSSR count). The highest BCUT2D eigenvalue weighted by molar-refractivity contribution is 5.77. The quantitative estimate of drug-likeness (QED) is 0.637. The van der Waals surface area contributed by atoms with Crippen molar-refractivity contribution in [2.24, 2.45) is 5.92 Å². The Labute approximate surface area is 92.7 Å². The molecule has 5 heteroatoms. The van der Waals surface area contributed by atoms with Crippen molar-refractivity contribution in [3.63, 3.8) is 0 Å². The lowest BCUT2D eigenvalue weighted by Gasteiger charge is -1.98. The molecule has 1 heterocycles. The zero-order chi connectivity index (χ0) is 11.7. The average molecular weight is 219 g/mol. The van der Waals surface area contributed by atoms with Gasteiger partial charge >= 0.3 is 0 Å². The van der Waals surface area contributed by atoms with Crippen molar-refractivity contribution in [1.82, 2.24) is 9.97 Å². The molecule has 0 unspecified atom stereocenters. The molecular formula is C11H13N3O2. The Kier molecular flexibility index (Phi) is 2.60. The lowest BCUT2D eigenvalue weighted by Crippen LogP contribution is -1.95. The normalized spacial score (nSPS) is 11.2. The third kappa shape index (κ3) is 2.03. The number of nitrogens with one attached hydrogen (secondary N) is 1. The van der Waals surface area contributed by atoms with Gasteiger partial charge in [0.2, 0.25) is 0 Å². The number of nitro benzene ring substituents is 1. The topological polar surface area (TPSA) is 71.8 Å². The first-order chi connectivity index (χ1) is 7.56. The molecule has 0 bridgehead atoms. The van der Waals surface area contributed by atoms with Gasteiger partial charge in [0, 0.05) is 18.6 Å². The number of hydrogen-bond donors (Lipinski definition) is 1. The lowest BCUT2D eigenvalue weighted by molar-refractivity contribution is -0.384. The molecule has 0 fully saturated rings. The van der Waals surface area contributed by atoms with Crippen LogP contribution in [0.5, 0.6) is 0 Å². The molecule has 0 saturated heterocycles.